The maximum absolute atomic E-state index is 12.4. The number of hydrogen-bond acceptors (Lipinski definition) is 4. The van der Waals surface area contributed by atoms with E-state index in [4.69, 9.17) is 0 Å². The zero-order chi connectivity index (χ0) is 14.7. The summed E-state index contributed by atoms with van der Waals surface area (Å²) in [6.45, 7) is 6.03. The molecule has 0 aliphatic rings. The first kappa shape index (κ1) is 15.3. The smallest absolute Gasteiger partial charge is 0.191 e. The summed E-state index contributed by atoms with van der Waals surface area (Å²) in [5.74, 6) is 0.0980. The van der Waals surface area contributed by atoms with Crippen LogP contribution in [0.3, 0.4) is 0 Å². The average molecular weight is 354 g/mol. The van der Waals surface area contributed by atoms with Crippen molar-refractivity contribution in [3.63, 3.8) is 0 Å². The van der Waals surface area contributed by atoms with Crippen LogP contribution in [0.15, 0.2) is 40.2 Å². The summed E-state index contributed by atoms with van der Waals surface area (Å²) in [7, 11) is 0. The summed E-state index contributed by atoms with van der Waals surface area (Å²) in [5, 5.41) is 8.58. The van der Waals surface area contributed by atoms with E-state index in [0.29, 0.717) is 5.56 Å². The minimum atomic E-state index is -0.196. The molecule has 0 aliphatic heterocycles. The lowest BCUT2D eigenvalue weighted by molar-refractivity contribution is 0.0994. The molecule has 1 atom stereocenters. The van der Waals surface area contributed by atoms with Crippen molar-refractivity contribution in [2.75, 3.05) is 0 Å². The van der Waals surface area contributed by atoms with Crippen molar-refractivity contribution in [3.8, 4) is 0 Å². The van der Waals surface area contributed by atoms with Gasteiger partial charge in [-0.25, -0.2) is 0 Å². The Labute approximate surface area is 131 Å². The number of carbonyl (C=O) groups excluding carboxylic acids is 1. The highest BCUT2D eigenvalue weighted by Gasteiger charge is 2.19. The number of aromatic nitrogens is 3. The summed E-state index contributed by atoms with van der Waals surface area (Å²) in [4.78, 5) is 12.4. The van der Waals surface area contributed by atoms with Gasteiger partial charge < -0.3 is 4.57 Å². The van der Waals surface area contributed by atoms with Crippen molar-refractivity contribution in [2.24, 2.45) is 0 Å². The van der Waals surface area contributed by atoms with Gasteiger partial charge in [0.15, 0.2) is 10.9 Å². The Morgan fingerprint density at radius 2 is 1.90 bits per heavy atom. The van der Waals surface area contributed by atoms with Crippen LogP contribution in [-0.2, 0) is 0 Å². The predicted octanol–water partition coefficient (Wildman–Crippen LogP) is 3.99. The van der Waals surface area contributed by atoms with Crippen LogP contribution in [0.1, 0.15) is 37.2 Å². The second kappa shape index (κ2) is 6.54. The summed E-state index contributed by atoms with van der Waals surface area (Å²) < 4.78 is 2.93. The lowest BCUT2D eigenvalue weighted by Crippen LogP contribution is -2.15. The molecule has 0 amide bonds. The molecule has 20 heavy (non-hydrogen) atoms. The SMILES string of the molecule is CC(C)n1cnnc1S[C@@H](C)C(=O)c1ccc(Br)cc1. The molecule has 0 radical (unpaired) electrons. The van der Waals surface area contributed by atoms with E-state index in [1.54, 1.807) is 6.33 Å². The molecule has 0 aliphatic carbocycles. The Morgan fingerprint density at radius 3 is 2.50 bits per heavy atom. The van der Waals surface area contributed by atoms with Crippen molar-refractivity contribution >= 4 is 33.5 Å². The largest absolute Gasteiger partial charge is 0.306 e. The van der Waals surface area contributed by atoms with Gasteiger partial charge in [0.2, 0.25) is 0 Å². The van der Waals surface area contributed by atoms with Crippen LogP contribution >= 0.6 is 27.7 Å². The Bertz CT molecular complexity index is 595. The number of carbonyl (C=O) groups is 1. The number of thioether (sulfide) groups is 1. The number of nitrogens with zero attached hydrogens (tertiary/aromatic N) is 3. The Balaban J connectivity index is 2.11. The van der Waals surface area contributed by atoms with Crippen LogP contribution in [0, 0.1) is 0 Å². The standard InChI is InChI=1S/C14H16BrN3OS/c1-9(2)18-8-16-17-14(18)20-10(3)13(19)11-4-6-12(15)7-5-11/h4-10H,1-3H3/t10-/m0/s1. The zero-order valence-electron chi connectivity index (χ0n) is 11.6. The second-order valence-electron chi connectivity index (χ2n) is 4.75. The predicted molar refractivity (Wildman–Crippen MR) is 84.2 cm³/mol. The summed E-state index contributed by atoms with van der Waals surface area (Å²) in [6, 6.07) is 7.69. The van der Waals surface area contributed by atoms with Crippen LogP contribution < -0.4 is 0 Å². The third kappa shape index (κ3) is 3.49. The normalized spacial score (nSPS) is 12.7. The first-order chi connectivity index (χ1) is 9.49. The summed E-state index contributed by atoms with van der Waals surface area (Å²) in [5.41, 5.74) is 0.712. The number of rotatable bonds is 5. The minimum Gasteiger partial charge on any atom is -0.306 e. The molecule has 0 bridgehead atoms. The summed E-state index contributed by atoms with van der Waals surface area (Å²) in [6.07, 6.45) is 1.70. The molecule has 6 heteroatoms. The fourth-order valence-corrected chi connectivity index (χ4v) is 3.03. The van der Waals surface area contributed by atoms with Gasteiger partial charge in [-0.05, 0) is 32.9 Å². The molecule has 0 N–H and O–H groups in total. The number of ketones is 1. The topological polar surface area (TPSA) is 47.8 Å². The van der Waals surface area contributed by atoms with E-state index < -0.39 is 0 Å². The first-order valence-electron chi connectivity index (χ1n) is 6.35. The number of hydrogen-bond donors (Lipinski definition) is 0. The monoisotopic (exact) mass is 353 g/mol. The maximum atomic E-state index is 12.4. The van der Waals surface area contributed by atoms with Gasteiger partial charge in [-0.3, -0.25) is 4.79 Å². The van der Waals surface area contributed by atoms with Gasteiger partial charge in [-0.15, -0.1) is 10.2 Å². The third-order valence-electron chi connectivity index (χ3n) is 2.88. The second-order valence-corrected chi connectivity index (χ2v) is 6.97. The van der Waals surface area contributed by atoms with Gasteiger partial charge in [-0.2, -0.15) is 0 Å². The third-order valence-corrected chi connectivity index (χ3v) is 4.48. The van der Waals surface area contributed by atoms with Gasteiger partial charge in [0.25, 0.3) is 0 Å². The van der Waals surface area contributed by atoms with Crippen LogP contribution in [0.2, 0.25) is 0 Å². The molecule has 0 spiro atoms. The molecule has 1 aromatic heterocycles. The van der Waals surface area contributed by atoms with E-state index in [-0.39, 0.29) is 17.1 Å². The van der Waals surface area contributed by atoms with Crippen LogP contribution in [0.4, 0.5) is 0 Å². The van der Waals surface area contributed by atoms with Gasteiger partial charge in [0, 0.05) is 16.1 Å². The van der Waals surface area contributed by atoms with Crippen LogP contribution in [0.5, 0.6) is 0 Å². The van der Waals surface area contributed by atoms with E-state index in [0.717, 1.165) is 9.63 Å². The highest BCUT2D eigenvalue weighted by molar-refractivity contribution is 9.10. The van der Waals surface area contributed by atoms with E-state index in [1.165, 1.54) is 11.8 Å². The molecule has 2 rings (SSSR count). The minimum absolute atomic E-state index is 0.0980. The molecule has 1 aromatic carbocycles. The van der Waals surface area contributed by atoms with Crippen molar-refractivity contribution in [1.82, 2.24) is 14.8 Å². The average Bonchev–Trinajstić information content (AvgIpc) is 2.87. The van der Waals surface area contributed by atoms with Crippen molar-refractivity contribution in [2.45, 2.75) is 37.2 Å². The molecule has 1 heterocycles. The van der Waals surface area contributed by atoms with Crippen molar-refractivity contribution in [3.05, 3.63) is 40.6 Å². The molecule has 0 saturated carbocycles. The van der Waals surface area contributed by atoms with Gasteiger partial charge in [0.1, 0.15) is 6.33 Å². The van der Waals surface area contributed by atoms with E-state index in [9.17, 15) is 4.79 Å². The molecular formula is C14H16BrN3OS. The maximum Gasteiger partial charge on any atom is 0.191 e. The number of halogens is 1. The Hall–Kier alpha value is -1.14. The van der Waals surface area contributed by atoms with Crippen LogP contribution in [-0.4, -0.2) is 25.8 Å². The molecule has 106 valence electrons. The Kier molecular flexibility index (Phi) is 4.99. The van der Waals surface area contributed by atoms with Gasteiger partial charge in [-0.1, -0.05) is 39.8 Å². The van der Waals surface area contributed by atoms with E-state index in [2.05, 4.69) is 40.0 Å². The van der Waals surface area contributed by atoms with E-state index in [1.807, 2.05) is 35.8 Å². The lowest BCUT2D eigenvalue weighted by atomic mass is 10.1. The molecule has 4 nitrogen and oxygen atoms in total. The van der Waals surface area contributed by atoms with Gasteiger partial charge in [0.05, 0.1) is 5.25 Å². The van der Waals surface area contributed by atoms with E-state index >= 15 is 0 Å². The van der Waals surface area contributed by atoms with Gasteiger partial charge >= 0.3 is 0 Å². The quantitative estimate of drug-likeness (QED) is 0.602. The molecule has 0 fully saturated rings. The lowest BCUT2D eigenvalue weighted by Gasteiger charge is -2.13. The molecular weight excluding hydrogens is 338 g/mol. The first-order valence-corrected chi connectivity index (χ1v) is 8.02. The molecule has 2 aromatic rings. The fraction of sp³-hybridized carbons (Fsp3) is 0.357. The Morgan fingerprint density at radius 1 is 1.25 bits per heavy atom. The number of benzene rings is 1. The molecule has 0 saturated heterocycles. The highest BCUT2D eigenvalue weighted by atomic mass is 79.9. The molecule has 0 unspecified atom stereocenters. The summed E-state index contributed by atoms with van der Waals surface area (Å²) >= 11 is 4.81. The van der Waals surface area contributed by atoms with Crippen molar-refractivity contribution < 1.29 is 4.79 Å². The van der Waals surface area contributed by atoms with Crippen LogP contribution in [0.25, 0.3) is 0 Å². The van der Waals surface area contributed by atoms with Crippen molar-refractivity contribution in [1.29, 1.82) is 0 Å². The number of Topliss-reactive ketones (excluding diaryl/α,β-unsaturated/α-hetero) is 1. The highest BCUT2D eigenvalue weighted by Crippen LogP contribution is 2.26. The fourth-order valence-electron chi connectivity index (χ4n) is 1.73. The zero-order valence-corrected chi connectivity index (χ0v) is 14.0.